The summed E-state index contributed by atoms with van der Waals surface area (Å²) in [6, 6.07) is 6.29. The average molecular weight is 339 g/mol. The molecule has 0 heterocycles. The molecular weight excluding hydrogens is 320 g/mol. The molecule has 2 N–H and O–H groups in total. The third kappa shape index (κ3) is 3.48. The van der Waals surface area contributed by atoms with Gasteiger partial charge in [-0.25, -0.2) is 0 Å². The lowest BCUT2D eigenvalue weighted by Gasteiger charge is -2.27. The summed E-state index contributed by atoms with van der Waals surface area (Å²) in [6.45, 7) is 2.32. The van der Waals surface area contributed by atoms with Crippen LogP contribution < -0.4 is 10.6 Å². The van der Waals surface area contributed by atoms with Crippen LogP contribution in [-0.2, 0) is 0 Å². The predicted octanol–water partition coefficient (Wildman–Crippen LogP) is 3.71. The second-order valence-corrected chi connectivity index (χ2v) is 7.17. The Bertz CT molecular complexity index is 481. The van der Waals surface area contributed by atoms with Gasteiger partial charge in [-0.3, -0.25) is 0 Å². The second kappa shape index (κ2) is 5.41. The Morgan fingerprint density at radius 2 is 1.79 bits per heavy atom. The summed E-state index contributed by atoms with van der Waals surface area (Å²) in [5.74, 6) is 1.75. The summed E-state index contributed by atoms with van der Waals surface area (Å²) in [7, 11) is 0. The van der Waals surface area contributed by atoms with Crippen LogP contribution >= 0.6 is 28.1 Å². The summed E-state index contributed by atoms with van der Waals surface area (Å²) >= 11 is 8.72. The molecule has 0 spiro atoms. The van der Waals surface area contributed by atoms with Gasteiger partial charge in [0.1, 0.15) is 4.99 Å². The highest BCUT2D eigenvalue weighted by Crippen LogP contribution is 2.37. The molecule has 0 amide bonds. The SMILES string of the molecule is NC(=S)c1cc(Br)ccc1N(CC1CC1)CC1CC1. The highest BCUT2D eigenvalue weighted by atomic mass is 79.9. The Morgan fingerprint density at radius 3 is 2.26 bits per heavy atom. The summed E-state index contributed by atoms with van der Waals surface area (Å²) in [4.78, 5) is 3.00. The molecule has 3 rings (SSSR count). The zero-order valence-corrected chi connectivity index (χ0v) is 13.3. The van der Waals surface area contributed by atoms with E-state index in [4.69, 9.17) is 18.0 Å². The smallest absolute Gasteiger partial charge is 0.106 e. The lowest BCUT2D eigenvalue weighted by Crippen LogP contribution is -2.30. The molecule has 0 saturated heterocycles. The largest absolute Gasteiger partial charge is 0.389 e. The number of benzene rings is 1. The molecule has 0 bridgehead atoms. The van der Waals surface area contributed by atoms with Crippen molar-refractivity contribution in [3.05, 3.63) is 28.2 Å². The second-order valence-electron chi connectivity index (χ2n) is 5.82. The van der Waals surface area contributed by atoms with E-state index >= 15 is 0 Å². The number of hydrogen-bond acceptors (Lipinski definition) is 2. The minimum atomic E-state index is 0.493. The topological polar surface area (TPSA) is 29.3 Å². The van der Waals surface area contributed by atoms with Crippen LogP contribution in [0.2, 0.25) is 0 Å². The summed E-state index contributed by atoms with van der Waals surface area (Å²) in [6.07, 6.45) is 5.50. The van der Waals surface area contributed by atoms with E-state index in [-0.39, 0.29) is 0 Å². The van der Waals surface area contributed by atoms with Gasteiger partial charge in [0.2, 0.25) is 0 Å². The standard InChI is InChI=1S/C15H19BrN2S/c16-12-5-6-14(13(7-12)15(17)19)18(8-10-1-2-10)9-11-3-4-11/h5-7,10-11H,1-4,8-9H2,(H2,17,19). The third-order valence-corrected chi connectivity index (χ3v) is 4.63. The van der Waals surface area contributed by atoms with Gasteiger partial charge in [-0.1, -0.05) is 28.1 Å². The van der Waals surface area contributed by atoms with Crippen LogP contribution in [0.4, 0.5) is 5.69 Å². The molecule has 2 saturated carbocycles. The first-order chi connectivity index (χ1) is 9.13. The maximum Gasteiger partial charge on any atom is 0.106 e. The van der Waals surface area contributed by atoms with E-state index in [1.807, 2.05) is 6.07 Å². The zero-order valence-electron chi connectivity index (χ0n) is 10.9. The fourth-order valence-corrected chi connectivity index (χ4v) is 3.00. The molecule has 0 aliphatic heterocycles. The molecule has 0 aromatic heterocycles. The van der Waals surface area contributed by atoms with Gasteiger partial charge in [0.15, 0.2) is 0 Å². The van der Waals surface area contributed by atoms with Crippen molar-refractivity contribution in [3.63, 3.8) is 0 Å². The van der Waals surface area contributed by atoms with Crippen molar-refractivity contribution >= 4 is 38.8 Å². The van der Waals surface area contributed by atoms with Crippen LogP contribution in [0.1, 0.15) is 31.2 Å². The Kier molecular flexibility index (Phi) is 3.81. The normalized spacial score (nSPS) is 18.4. The van der Waals surface area contributed by atoms with Gasteiger partial charge in [0, 0.05) is 28.8 Å². The van der Waals surface area contributed by atoms with E-state index in [9.17, 15) is 0 Å². The summed E-state index contributed by atoms with van der Waals surface area (Å²) in [5, 5.41) is 0. The monoisotopic (exact) mass is 338 g/mol. The quantitative estimate of drug-likeness (QED) is 0.801. The minimum absolute atomic E-state index is 0.493. The van der Waals surface area contributed by atoms with E-state index in [0.29, 0.717) is 4.99 Å². The lowest BCUT2D eigenvalue weighted by atomic mass is 10.1. The van der Waals surface area contributed by atoms with Gasteiger partial charge in [0.25, 0.3) is 0 Å². The number of rotatable bonds is 6. The van der Waals surface area contributed by atoms with Crippen molar-refractivity contribution in [2.75, 3.05) is 18.0 Å². The number of nitrogens with two attached hydrogens (primary N) is 1. The van der Waals surface area contributed by atoms with Gasteiger partial charge < -0.3 is 10.6 Å². The fourth-order valence-electron chi connectivity index (χ4n) is 2.48. The van der Waals surface area contributed by atoms with Crippen molar-refractivity contribution < 1.29 is 0 Å². The van der Waals surface area contributed by atoms with Crippen LogP contribution in [0.5, 0.6) is 0 Å². The van der Waals surface area contributed by atoms with E-state index < -0.39 is 0 Å². The number of thiocarbonyl (C=S) groups is 1. The van der Waals surface area contributed by atoms with E-state index in [1.54, 1.807) is 0 Å². The Labute approximate surface area is 128 Å². The van der Waals surface area contributed by atoms with Crippen LogP contribution in [0.3, 0.4) is 0 Å². The molecule has 0 atom stereocenters. The lowest BCUT2D eigenvalue weighted by molar-refractivity contribution is 0.679. The first-order valence-corrected chi connectivity index (χ1v) is 8.18. The van der Waals surface area contributed by atoms with E-state index in [2.05, 4.69) is 33.0 Å². The van der Waals surface area contributed by atoms with Gasteiger partial charge in [-0.2, -0.15) is 0 Å². The molecule has 0 unspecified atom stereocenters. The number of halogens is 1. The average Bonchev–Trinajstić information content (AvgIpc) is 3.23. The Balaban J connectivity index is 1.88. The highest BCUT2D eigenvalue weighted by molar-refractivity contribution is 9.10. The maximum atomic E-state index is 5.90. The van der Waals surface area contributed by atoms with Crippen LogP contribution in [0.15, 0.2) is 22.7 Å². The Morgan fingerprint density at radius 1 is 1.21 bits per heavy atom. The summed E-state index contributed by atoms with van der Waals surface area (Å²) in [5.41, 5.74) is 8.12. The molecule has 19 heavy (non-hydrogen) atoms. The minimum Gasteiger partial charge on any atom is -0.389 e. The predicted molar refractivity (Wildman–Crippen MR) is 87.7 cm³/mol. The third-order valence-electron chi connectivity index (χ3n) is 3.92. The zero-order chi connectivity index (χ0) is 13.4. The fraction of sp³-hybridized carbons (Fsp3) is 0.533. The summed E-state index contributed by atoms with van der Waals surface area (Å²) < 4.78 is 1.04. The van der Waals surface area contributed by atoms with Gasteiger partial charge in [-0.05, 0) is 55.7 Å². The molecule has 2 aliphatic rings. The van der Waals surface area contributed by atoms with E-state index in [0.717, 1.165) is 35.0 Å². The molecule has 2 nitrogen and oxygen atoms in total. The molecule has 102 valence electrons. The van der Waals surface area contributed by atoms with Gasteiger partial charge in [0.05, 0.1) is 0 Å². The van der Waals surface area contributed by atoms with Gasteiger partial charge in [-0.15, -0.1) is 0 Å². The Hall–Kier alpha value is -0.610. The van der Waals surface area contributed by atoms with Crippen molar-refractivity contribution in [2.45, 2.75) is 25.7 Å². The van der Waals surface area contributed by atoms with Crippen molar-refractivity contribution in [2.24, 2.45) is 17.6 Å². The maximum absolute atomic E-state index is 5.90. The van der Waals surface area contributed by atoms with E-state index in [1.165, 1.54) is 31.4 Å². The number of hydrogen-bond donors (Lipinski definition) is 1. The molecule has 0 radical (unpaired) electrons. The molecule has 4 heteroatoms. The molecule has 1 aromatic rings. The van der Waals surface area contributed by atoms with Crippen LogP contribution in [-0.4, -0.2) is 18.1 Å². The van der Waals surface area contributed by atoms with Gasteiger partial charge >= 0.3 is 0 Å². The van der Waals surface area contributed by atoms with Crippen molar-refractivity contribution in [1.29, 1.82) is 0 Å². The molecule has 1 aromatic carbocycles. The first kappa shape index (κ1) is 13.4. The molecule has 2 fully saturated rings. The van der Waals surface area contributed by atoms with Crippen molar-refractivity contribution in [1.82, 2.24) is 0 Å². The molecular formula is C15H19BrN2S. The van der Waals surface area contributed by atoms with Crippen LogP contribution in [0, 0.1) is 11.8 Å². The van der Waals surface area contributed by atoms with Crippen molar-refractivity contribution in [3.8, 4) is 0 Å². The first-order valence-electron chi connectivity index (χ1n) is 6.98. The van der Waals surface area contributed by atoms with Crippen LogP contribution in [0.25, 0.3) is 0 Å². The highest BCUT2D eigenvalue weighted by Gasteiger charge is 2.30. The number of anilines is 1. The number of nitrogens with zero attached hydrogens (tertiary/aromatic N) is 1. The molecule has 2 aliphatic carbocycles.